The lowest BCUT2D eigenvalue weighted by molar-refractivity contribution is 0.0975. The average molecular weight is 207 g/mol. The molecule has 0 radical (unpaired) electrons. The third kappa shape index (κ3) is 6.17. The zero-order chi connectivity index (χ0) is 10.2. The van der Waals surface area contributed by atoms with Gasteiger partial charge in [0.2, 0.25) is 0 Å². The fourth-order valence-corrected chi connectivity index (χ4v) is 1.78. The van der Waals surface area contributed by atoms with Gasteiger partial charge in [-0.25, -0.2) is 0 Å². The van der Waals surface area contributed by atoms with Gasteiger partial charge in [0.15, 0.2) is 0 Å². The summed E-state index contributed by atoms with van der Waals surface area (Å²) in [7, 11) is 0.274. The highest BCUT2D eigenvalue weighted by molar-refractivity contribution is 6.56. The molecular weight excluding hydrogens is 186 g/mol. The van der Waals surface area contributed by atoms with Gasteiger partial charge in [-0.15, -0.1) is 0 Å². The van der Waals surface area contributed by atoms with Gasteiger partial charge in [-0.3, -0.25) is 5.40 Å². The van der Waals surface area contributed by atoms with Crippen LogP contribution in [0.4, 0.5) is 0 Å². The molecule has 0 rings (SSSR count). The van der Waals surface area contributed by atoms with Gasteiger partial charge in [-0.2, -0.15) is 0 Å². The van der Waals surface area contributed by atoms with Crippen LogP contribution in [-0.4, -0.2) is 29.8 Å². The standard InChI is InChI=1S/C8H21NO3Si/c1-4-5-6-7-8-12-13(9,10-2)11-3/h4-9H2,1-3H3. The number of rotatable bonds is 8. The maximum atomic E-state index is 5.68. The lowest BCUT2D eigenvalue weighted by Gasteiger charge is -2.20. The molecule has 0 aliphatic heterocycles. The molecule has 0 aliphatic carbocycles. The van der Waals surface area contributed by atoms with E-state index in [2.05, 4.69) is 6.92 Å². The summed E-state index contributed by atoms with van der Waals surface area (Å²) < 4.78 is 15.3. The summed E-state index contributed by atoms with van der Waals surface area (Å²) >= 11 is 0. The molecule has 0 atom stereocenters. The van der Waals surface area contributed by atoms with Gasteiger partial charge in [-0.05, 0) is 6.42 Å². The molecule has 0 bridgehead atoms. The zero-order valence-corrected chi connectivity index (χ0v) is 9.84. The Balaban J connectivity index is 3.39. The van der Waals surface area contributed by atoms with Crippen molar-refractivity contribution >= 4 is 8.97 Å². The van der Waals surface area contributed by atoms with Crippen molar-refractivity contribution in [2.45, 2.75) is 32.6 Å². The first-order chi connectivity index (χ1) is 6.18. The molecule has 0 aliphatic rings. The Morgan fingerprint density at radius 3 is 2.15 bits per heavy atom. The average Bonchev–Trinajstić information content (AvgIpc) is 2.17. The molecule has 0 spiro atoms. The van der Waals surface area contributed by atoms with Crippen molar-refractivity contribution in [3.63, 3.8) is 0 Å². The summed E-state index contributed by atoms with van der Waals surface area (Å²) in [6, 6.07) is 0. The Kier molecular flexibility index (Phi) is 7.49. The Bertz CT molecular complexity index is 120. The van der Waals surface area contributed by atoms with Crippen LogP contribution in [0.25, 0.3) is 0 Å². The topological polar surface area (TPSA) is 53.7 Å². The van der Waals surface area contributed by atoms with E-state index in [1.54, 1.807) is 0 Å². The first-order valence-corrected chi connectivity index (χ1v) is 6.52. The number of nitrogens with two attached hydrogens (primary N) is 1. The minimum Gasteiger partial charge on any atom is -0.365 e. The van der Waals surface area contributed by atoms with Gasteiger partial charge in [0.25, 0.3) is 0 Å². The van der Waals surface area contributed by atoms with Gasteiger partial charge in [0, 0.05) is 20.8 Å². The summed E-state index contributed by atoms with van der Waals surface area (Å²) in [5.41, 5.74) is 0. The third-order valence-electron chi connectivity index (χ3n) is 1.87. The van der Waals surface area contributed by atoms with Crippen molar-refractivity contribution in [3.8, 4) is 0 Å². The summed E-state index contributed by atoms with van der Waals surface area (Å²) in [5, 5.41) is 5.68. The van der Waals surface area contributed by atoms with Crippen LogP contribution in [0.1, 0.15) is 32.6 Å². The number of hydrogen-bond acceptors (Lipinski definition) is 4. The molecule has 5 heteroatoms. The lowest BCUT2D eigenvalue weighted by Crippen LogP contribution is -2.54. The quantitative estimate of drug-likeness (QED) is 0.481. The SMILES string of the molecule is CCCCCCO[Si](N)(OC)OC. The van der Waals surface area contributed by atoms with E-state index in [-0.39, 0.29) is 0 Å². The molecule has 0 saturated heterocycles. The van der Waals surface area contributed by atoms with Crippen LogP contribution in [0.5, 0.6) is 0 Å². The summed E-state index contributed by atoms with van der Waals surface area (Å²) in [5.74, 6) is 0. The van der Waals surface area contributed by atoms with E-state index in [0.29, 0.717) is 6.61 Å². The molecule has 0 aromatic rings. The Hall–Kier alpha value is 0.0569. The molecule has 0 heterocycles. The van der Waals surface area contributed by atoms with Gasteiger partial charge in [0.1, 0.15) is 0 Å². The van der Waals surface area contributed by atoms with E-state index in [0.717, 1.165) is 6.42 Å². The molecule has 4 nitrogen and oxygen atoms in total. The number of hydrogen-bond donors (Lipinski definition) is 1. The first-order valence-electron chi connectivity index (χ1n) is 4.71. The molecule has 0 unspecified atom stereocenters. The maximum Gasteiger partial charge on any atom is 0.593 e. The highest BCUT2D eigenvalue weighted by Crippen LogP contribution is 2.03. The third-order valence-corrected chi connectivity index (χ3v) is 3.61. The van der Waals surface area contributed by atoms with Crippen LogP contribution >= 0.6 is 0 Å². The highest BCUT2D eigenvalue weighted by Gasteiger charge is 2.34. The van der Waals surface area contributed by atoms with Crippen LogP contribution < -0.4 is 5.40 Å². The van der Waals surface area contributed by atoms with Crippen LogP contribution in [0, 0.1) is 0 Å². The van der Waals surface area contributed by atoms with Gasteiger partial charge in [0.05, 0.1) is 0 Å². The van der Waals surface area contributed by atoms with E-state index >= 15 is 0 Å². The molecule has 13 heavy (non-hydrogen) atoms. The highest BCUT2D eigenvalue weighted by atomic mass is 28.4. The second kappa shape index (κ2) is 7.46. The molecule has 0 aromatic carbocycles. The largest absolute Gasteiger partial charge is 0.593 e. The predicted octanol–water partition coefficient (Wildman–Crippen LogP) is 1.27. The Morgan fingerprint density at radius 2 is 1.69 bits per heavy atom. The van der Waals surface area contributed by atoms with E-state index in [1.165, 1.54) is 33.5 Å². The predicted molar refractivity (Wildman–Crippen MR) is 54.1 cm³/mol. The smallest absolute Gasteiger partial charge is 0.365 e. The molecule has 80 valence electrons. The van der Waals surface area contributed by atoms with E-state index in [9.17, 15) is 0 Å². The van der Waals surface area contributed by atoms with Crippen molar-refractivity contribution in [2.75, 3.05) is 20.8 Å². The van der Waals surface area contributed by atoms with Crippen molar-refractivity contribution in [3.05, 3.63) is 0 Å². The van der Waals surface area contributed by atoms with E-state index in [1.807, 2.05) is 0 Å². The normalized spacial score (nSPS) is 12.0. The molecule has 0 saturated carbocycles. The van der Waals surface area contributed by atoms with Crippen LogP contribution in [0.3, 0.4) is 0 Å². The van der Waals surface area contributed by atoms with Crippen molar-refractivity contribution in [2.24, 2.45) is 5.40 Å². The van der Waals surface area contributed by atoms with Crippen LogP contribution in [0.15, 0.2) is 0 Å². The molecule has 0 amide bonds. The molecule has 0 aromatic heterocycles. The number of unbranched alkanes of at least 4 members (excludes halogenated alkanes) is 3. The fourth-order valence-electron chi connectivity index (χ4n) is 0.944. The van der Waals surface area contributed by atoms with Crippen molar-refractivity contribution in [1.82, 2.24) is 0 Å². The van der Waals surface area contributed by atoms with Gasteiger partial charge in [-0.1, -0.05) is 26.2 Å². The molecular formula is C8H21NO3Si. The summed E-state index contributed by atoms with van der Waals surface area (Å²) in [4.78, 5) is 0. The minimum absolute atomic E-state index is 0.629. The first kappa shape index (κ1) is 13.1. The Labute approximate surface area is 81.8 Å². The minimum atomic E-state index is -2.76. The van der Waals surface area contributed by atoms with Crippen molar-refractivity contribution < 1.29 is 13.3 Å². The van der Waals surface area contributed by atoms with Crippen molar-refractivity contribution in [1.29, 1.82) is 0 Å². The molecule has 2 N–H and O–H groups in total. The van der Waals surface area contributed by atoms with Gasteiger partial charge >= 0.3 is 8.97 Å². The monoisotopic (exact) mass is 207 g/mol. The van der Waals surface area contributed by atoms with Crippen LogP contribution in [-0.2, 0) is 13.3 Å². The van der Waals surface area contributed by atoms with Crippen LogP contribution in [0.2, 0.25) is 0 Å². The lowest BCUT2D eigenvalue weighted by atomic mass is 10.2. The summed E-state index contributed by atoms with van der Waals surface area (Å²) in [6.45, 7) is 2.80. The second-order valence-electron chi connectivity index (χ2n) is 2.92. The fraction of sp³-hybridized carbons (Fsp3) is 1.00. The zero-order valence-electron chi connectivity index (χ0n) is 8.84. The second-order valence-corrected chi connectivity index (χ2v) is 5.23. The molecule has 0 fully saturated rings. The van der Waals surface area contributed by atoms with E-state index in [4.69, 9.17) is 18.7 Å². The maximum absolute atomic E-state index is 5.68. The summed E-state index contributed by atoms with van der Waals surface area (Å²) in [6.07, 6.45) is 4.66. The van der Waals surface area contributed by atoms with Gasteiger partial charge < -0.3 is 13.3 Å². The Morgan fingerprint density at radius 1 is 1.08 bits per heavy atom. The van der Waals surface area contributed by atoms with E-state index < -0.39 is 8.97 Å².